The Morgan fingerprint density at radius 2 is 1.65 bits per heavy atom. The fraction of sp³-hybridized carbons (Fsp3) is 0.842. The maximum absolute atomic E-state index is 12.6. The van der Waals surface area contributed by atoms with E-state index in [1.165, 1.54) is 4.90 Å². The van der Waals surface area contributed by atoms with Crippen LogP contribution in [0.25, 0.3) is 0 Å². The van der Waals surface area contributed by atoms with Gasteiger partial charge >= 0.3 is 11.3 Å². The Labute approximate surface area is 201 Å². The number of hydrogen-bond acceptors (Lipinski definition) is 12. The van der Waals surface area contributed by atoms with E-state index in [-0.39, 0.29) is 38.1 Å². The van der Waals surface area contributed by atoms with Crippen LogP contribution < -0.4 is 0 Å². The number of carbonyl (C=O) groups excluding carboxylic acids is 3. The molecule has 1 saturated heterocycles. The molecule has 2 atom stereocenters. The maximum Gasteiger partial charge on any atom is 0.367 e. The van der Waals surface area contributed by atoms with Crippen LogP contribution in [-0.4, -0.2) is 77.0 Å². The van der Waals surface area contributed by atoms with Crippen LogP contribution in [-0.2, 0) is 28.7 Å². The molecule has 0 aromatic heterocycles. The molecule has 0 radical (unpaired) electrons. The van der Waals surface area contributed by atoms with Crippen molar-refractivity contribution in [3.05, 3.63) is 20.2 Å². The molecule has 0 aromatic carbocycles. The van der Waals surface area contributed by atoms with Crippen LogP contribution in [0.4, 0.5) is 4.79 Å². The highest BCUT2D eigenvalue weighted by Gasteiger charge is 2.37. The lowest BCUT2D eigenvalue weighted by atomic mass is 10.1. The van der Waals surface area contributed by atoms with Crippen molar-refractivity contribution in [3.8, 4) is 0 Å². The van der Waals surface area contributed by atoms with Gasteiger partial charge in [-0.3, -0.25) is 4.79 Å². The summed E-state index contributed by atoms with van der Waals surface area (Å²) >= 11 is 0.945. The Morgan fingerprint density at radius 3 is 2.21 bits per heavy atom. The minimum absolute atomic E-state index is 0.0474. The molecule has 0 N–H and O–H groups in total. The van der Waals surface area contributed by atoms with Crippen molar-refractivity contribution in [2.24, 2.45) is 5.92 Å². The molecule has 0 spiro atoms. The molecule has 196 valence electrons. The average Bonchev–Trinajstić information content (AvgIpc) is 3.28. The monoisotopic (exact) mass is 511 g/mol. The number of likely N-dealkylation sites (tertiary alicyclic amines) is 1. The second kappa shape index (κ2) is 18.6. The fourth-order valence-corrected chi connectivity index (χ4v) is 3.49. The topological polar surface area (TPSA) is 178 Å². The lowest BCUT2D eigenvalue weighted by molar-refractivity contribution is -0.757. The number of esters is 1. The number of nitrogens with zero attached hydrogens (tertiary/aromatic N) is 3. The van der Waals surface area contributed by atoms with Crippen molar-refractivity contribution in [1.29, 1.82) is 0 Å². The largest absolute Gasteiger partial charge is 0.464 e. The van der Waals surface area contributed by atoms with Crippen molar-refractivity contribution in [3.63, 3.8) is 0 Å². The minimum Gasteiger partial charge on any atom is -0.464 e. The summed E-state index contributed by atoms with van der Waals surface area (Å²) in [4.78, 5) is 65.2. The van der Waals surface area contributed by atoms with Gasteiger partial charge in [-0.15, -0.1) is 20.2 Å². The second-order valence-corrected chi connectivity index (χ2v) is 8.03. The first-order valence-corrected chi connectivity index (χ1v) is 11.9. The molecule has 1 fully saturated rings. The summed E-state index contributed by atoms with van der Waals surface area (Å²) in [7, 11) is 0. The smallest absolute Gasteiger partial charge is 0.367 e. The Morgan fingerprint density at radius 1 is 1.03 bits per heavy atom. The van der Waals surface area contributed by atoms with Crippen LogP contribution in [0.2, 0.25) is 0 Å². The third-order valence-electron chi connectivity index (χ3n) is 4.32. The van der Waals surface area contributed by atoms with E-state index in [0.29, 0.717) is 38.6 Å². The van der Waals surface area contributed by atoms with Gasteiger partial charge in [0.05, 0.1) is 26.4 Å². The zero-order valence-electron chi connectivity index (χ0n) is 19.7. The van der Waals surface area contributed by atoms with Crippen LogP contribution in [0.3, 0.4) is 0 Å². The lowest BCUT2D eigenvalue weighted by Crippen LogP contribution is -2.44. The van der Waals surface area contributed by atoms with E-state index in [0.717, 1.165) is 11.8 Å². The molecule has 15 heteroatoms. The Hall–Kier alpha value is -2.84. The number of ether oxygens (including phenoxy) is 2. The van der Waals surface area contributed by atoms with Gasteiger partial charge in [0, 0.05) is 18.2 Å². The highest BCUT2D eigenvalue weighted by Crippen LogP contribution is 2.23. The molecule has 1 aliphatic rings. The molecule has 0 aliphatic carbocycles. The summed E-state index contributed by atoms with van der Waals surface area (Å²) in [5, 5.41) is 17.3. The lowest BCUT2D eigenvalue weighted by Gasteiger charge is -2.26. The van der Waals surface area contributed by atoms with Crippen LogP contribution in [0.5, 0.6) is 0 Å². The molecule has 0 saturated carbocycles. The van der Waals surface area contributed by atoms with E-state index in [1.54, 1.807) is 13.8 Å². The molecule has 0 bridgehead atoms. The highest BCUT2D eigenvalue weighted by atomic mass is 32.2. The zero-order valence-corrected chi connectivity index (χ0v) is 20.5. The number of amides is 1. The van der Waals surface area contributed by atoms with Crippen LogP contribution in [0.15, 0.2) is 0 Å². The van der Waals surface area contributed by atoms with Gasteiger partial charge in [-0.25, -0.2) is 9.59 Å². The van der Waals surface area contributed by atoms with Gasteiger partial charge in [0.2, 0.25) is 5.91 Å². The predicted molar refractivity (Wildman–Crippen MR) is 120 cm³/mol. The molecule has 0 unspecified atom stereocenters. The molecular weight excluding hydrogens is 478 g/mol. The molecule has 34 heavy (non-hydrogen) atoms. The summed E-state index contributed by atoms with van der Waals surface area (Å²) < 4.78 is 10.0. The molecule has 0 aromatic rings. The van der Waals surface area contributed by atoms with E-state index in [4.69, 9.17) is 9.47 Å². The van der Waals surface area contributed by atoms with Crippen LogP contribution in [0, 0.1) is 26.1 Å². The molecule has 1 aliphatic heterocycles. The summed E-state index contributed by atoms with van der Waals surface area (Å²) in [6.07, 6.45) is 2.75. The minimum atomic E-state index is -0.866. The summed E-state index contributed by atoms with van der Waals surface area (Å²) in [6.45, 7) is 6.26. The Bertz CT molecular complexity index is 665. The highest BCUT2D eigenvalue weighted by molar-refractivity contribution is 8.13. The van der Waals surface area contributed by atoms with E-state index >= 15 is 0 Å². The first-order chi connectivity index (χ1) is 16.1. The number of rotatable bonds is 14. The molecule has 1 heterocycles. The van der Waals surface area contributed by atoms with Crippen molar-refractivity contribution < 1.29 is 43.7 Å². The first kappa shape index (κ1) is 31.2. The van der Waals surface area contributed by atoms with Gasteiger partial charge in [0.1, 0.15) is 6.04 Å². The van der Waals surface area contributed by atoms with Gasteiger partial charge < -0.3 is 24.0 Å². The van der Waals surface area contributed by atoms with Crippen molar-refractivity contribution in [2.75, 3.05) is 38.7 Å². The standard InChI is InChI=1S/C16H26N2O8S.C3H7NO3/c1-3-24-16(21)27-11-12(2)14(19)17-8-6-7-13(17)15(20)25-9-4-5-10-26-18(22)23;1-2-3-7-4(5)6/h12-13H,3-11H2,1-2H3;2-3H2,1H3/t12-,13+;/m1./s1. The summed E-state index contributed by atoms with van der Waals surface area (Å²) in [5.74, 6) is -0.800. The van der Waals surface area contributed by atoms with Crippen molar-refractivity contribution in [2.45, 2.75) is 58.9 Å². The van der Waals surface area contributed by atoms with E-state index in [9.17, 15) is 34.6 Å². The quantitative estimate of drug-likeness (QED) is 0.144. The van der Waals surface area contributed by atoms with Crippen molar-refractivity contribution >= 4 is 28.9 Å². The third-order valence-corrected chi connectivity index (χ3v) is 5.34. The zero-order chi connectivity index (χ0) is 25.9. The third kappa shape index (κ3) is 14.3. The second-order valence-electron chi connectivity index (χ2n) is 7.07. The van der Waals surface area contributed by atoms with Gasteiger partial charge in [-0.1, -0.05) is 13.8 Å². The molecule has 14 nitrogen and oxygen atoms in total. The van der Waals surface area contributed by atoms with Crippen LogP contribution >= 0.6 is 11.8 Å². The number of thioether (sulfide) groups is 1. The Kier molecular flexibility index (Phi) is 17.0. The number of carbonyl (C=O) groups is 3. The van der Waals surface area contributed by atoms with Gasteiger partial charge in [0.15, 0.2) is 0 Å². The van der Waals surface area contributed by atoms with E-state index in [2.05, 4.69) is 9.68 Å². The van der Waals surface area contributed by atoms with Crippen LogP contribution in [0.1, 0.15) is 52.9 Å². The summed E-state index contributed by atoms with van der Waals surface area (Å²) in [5.41, 5.74) is 0. The van der Waals surface area contributed by atoms with E-state index in [1.807, 2.05) is 6.92 Å². The van der Waals surface area contributed by atoms with E-state index < -0.39 is 33.4 Å². The number of hydrogen-bond donors (Lipinski definition) is 0. The van der Waals surface area contributed by atoms with Gasteiger partial charge in [-0.2, -0.15) is 0 Å². The van der Waals surface area contributed by atoms with Gasteiger partial charge in [-0.05, 0) is 50.8 Å². The molecular formula is C19H33N3O11S. The molecule has 1 rings (SSSR count). The fourth-order valence-electron chi connectivity index (χ4n) is 2.76. The molecule has 1 amide bonds. The summed E-state index contributed by atoms with van der Waals surface area (Å²) in [6, 6.07) is -0.623. The normalized spacial score (nSPS) is 15.4. The average molecular weight is 512 g/mol. The Balaban J connectivity index is 0.00000135. The SMILES string of the molecule is CCCO[N+](=O)[O-].CCOC(=O)SC[C@@H](C)C(=O)N1CCC[C@H]1C(=O)OCCCCO[N+](=O)[O-]. The maximum atomic E-state index is 12.6. The van der Waals surface area contributed by atoms with Gasteiger partial charge in [0.25, 0.3) is 10.2 Å². The first-order valence-electron chi connectivity index (χ1n) is 10.9. The predicted octanol–water partition coefficient (Wildman–Crippen LogP) is 2.64. The number of unbranched alkanes of at least 4 members (excludes halogenated alkanes) is 1. The van der Waals surface area contributed by atoms with Crippen molar-refractivity contribution in [1.82, 2.24) is 4.90 Å².